The number of hydrogen-bond donors (Lipinski definition) is 3. The summed E-state index contributed by atoms with van der Waals surface area (Å²) < 4.78 is 0. The molecule has 0 radical (unpaired) electrons. The first-order valence-electron chi connectivity index (χ1n) is 4.46. The second kappa shape index (κ2) is 6.35. The topological polar surface area (TPSA) is 87.3 Å². The van der Waals surface area contributed by atoms with Gasteiger partial charge in [-0.25, -0.2) is 0 Å². The molecule has 3 unspecified atom stereocenters. The van der Waals surface area contributed by atoms with Crippen LogP contribution in [0.15, 0.2) is 0 Å². The third-order valence-corrected chi connectivity index (χ3v) is 1.92. The van der Waals surface area contributed by atoms with Crippen LogP contribution in [0.3, 0.4) is 0 Å². The lowest BCUT2D eigenvalue weighted by molar-refractivity contribution is -0.129. The number of likely N-dealkylation sites (N-methyl/N-ethyl adjacent to an activating group) is 1. The molecule has 0 aliphatic heterocycles. The van der Waals surface area contributed by atoms with Gasteiger partial charge < -0.3 is 16.0 Å². The lowest BCUT2D eigenvalue weighted by atomic mass is 10.2. The van der Waals surface area contributed by atoms with Gasteiger partial charge in [0.1, 0.15) is 12.1 Å². The van der Waals surface area contributed by atoms with Gasteiger partial charge in [0.25, 0.3) is 0 Å². The fourth-order valence-corrected chi connectivity index (χ4v) is 1.15. The van der Waals surface area contributed by atoms with Gasteiger partial charge in [-0.05, 0) is 23.1 Å². The highest BCUT2D eigenvalue weighted by Crippen LogP contribution is 1.90. The summed E-state index contributed by atoms with van der Waals surface area (Å²) in [7, 11) is 3.40. The van der Waals surface area contributed by atoms with E-state index in [0.29, 0.717) is 0 Å². The van der Waals surface area contributed by atoms with Crippen molar-refractivity contribution in [2.24, 2.45) is 0 Å². The van der Waals surface area contributed by atoms with Crippen molar-refractivity contribution in [1.82, 2.24) is 16.0 Å². The fraction of sp³-hybridized carbons (Fsp3) is 0.625. The second-order valence-electron chi connectivity index (χ2n) is 3.07. The molecule has 15 heavy (non-hydrogen) atoms. The van der Waals surface area contributed by atoms with Crippen LogP contribution >= 0.6 is 9.24 Å². The van der Waals surface area contributed by atoms with E-state index in [1.54, 1.807) is 6.92 Å². The Kier molecular flexibility index (Phi) is 5.86. The predicted molar refractivity (Wildman–Crippen MR) is 59.4 cm³/mol. The highest BCUT2D eigenvalue weighted by Gasteiger charge is 2.18. The van der Waals surface area contributed by atoms with E-state index in [1.807, 2.05) is 9.24 Å². The largest absolute Gasteiger partial charge is 0.357 e. The minimum atomic E-state index is -0.665. The van der Waals surface area contributed by atoms with Crippen LogP contribution in [-0.4, -0.2) is 36.6 Å². The van der Waals surface area contributed by atoms with Gasteiger partial charge in [0.05, 0.1) is 0 Å². The molecular weight excluding hydrogens is 217 g/mol. The molecule has 0 rings (SSSR count). The van der Waals surface area contributed by atoms with E-state index < -0.39 is 18.0 Å². The van der Waals surface area contributed by atoms with Crippen molar-refractivity contribution in [1.29, 1.82) is 0 Å². The summed E-state index contributed by atoms with van der Waals surface area (Å²) in [5, 5.41) is 7.25. The number of nitrogens with one attached hydrogen (secondary N) is 3. The Morgan fingerprint density at radius 1 is 1.00 bits per heavy atom. The zero-order valence-electron chi connectivity index (χ0n) is 8.96. The van der Waals surface area contributed by atoms with Crippen molar-refractivity contribution in [2.75, 3.05) is 7.05 Å². The summed E-state index contributed by atoms with van der Waals surface area (Å²) in [4.78, 5) is 33.1. The van der Waals surface area contributed by atoms with Crippen molar-refractivity contribution in [3.8, 4) is 0 Å². The molecule has 0 heterocycles. The van der Waals surface area contributed by atoms with Crippen LogP contribution in [0.4, 0.5) is 4.79 Å². The molecule has 0 saturated heterocycles. The summed E-state index contributed by atoms with van der Waals surface area (Å²) in [5.41, 5.74) is -0.370. The van der Waals surface area contributed by atoms with Crippen LogP contribution in [0, 0.1) is 0 Å². The lowest BCUT2D eigenvalue weighted by Crippen LogP contribution is -2.50. The Bertz CT molecular complexity index is 270. The molecule has 0 aliphatic rings. The Balaban J connectivity index is 4.12. The van der Waals surface area contributed by atoms with Crippen molar-refractivity contribution in [3.63, 3.8) is 0 Å². The highest BCUT2D eigenvalue weighted by molar-refractivity contribution is 7.39. The summed E-state index contributed by atoms with van der Waals surface area (Å²) >= 11 is 0. The van der Waals surface area contributed by atoms with E-state index >= 15 is 0 Å². The van der Waals surface area contributed by atoms with Gasteiger partial charge in [-0.2, -0.15) is 0 Å². The number of amides is 3. The summed E-state index contributed by atoms with van der Waals surface area (Å²) in [6, 6.07) is -1.28. The van der Waals surface area contributed by atoms with Gasteiger partial charge in [-0.1, -0.05) is 0 Å². The highest BCUT2D eigenvalue weighted by atomic mass is 31.0. The van der Waals surface area contributed by atoms with E-state index in [2.05, 4.69) is 16.0 Å². The Hall–Kier alpha value is -1.16. The van der Waals surface area contributed by atoms with Gasteiger partial charge in [0.15, 0.2) is 0 Å². The lowest BCUT2D eigenvalue weighted by Gasteiger charge is -2.16. The molecule has 3 atom stereocenters. The molecule has 0 fully saturated rings. The van der Waals surface area contributed by atoms with E-state index in [0.717, 1.165) is 0 Å². The Morgan fingerprint density at radius 3 is 1.87 bits per heavy atom. The standard InChI is InChI=1S/C8H16N3O3P/c1-4(6(12)9-3)10-7(13)5(2)11-8(14)15/h4-5H,15H2,1-3H3,(H,9,12)(H,10,13)(H,11,14). The number of carbonyl (C=O) groups is 3. The molecule has 86 valence electrons. The quantitative estimate of drug-likeness (QED) is 0.556. The summed E-state index contributed by atoms with van der Waals surface area (Å²) in [5.74, 6) is -0.686. The van der Waals surface area contributed by atoms with Crippen molar-refractivity contribution in [2.45, 2.75) is 25.9 Å². The molecule has 3 N–H and O–H groups in total. The molecule has 0 aromatic rings. The zero-order chi connectivity index (χ0) is 12.0. The number of hydrogen-bond acceptors (Lipinski definition) is 3. The van der Waals surface area contributed by atoms with E-state index in [1.165, 1.54) is 14.0 Å². The first-order chi connectivity index (χ1) is 6.88. The average Bonchev–Trinajstić information content (AvgIpc) is 2.15. The van der Waals surface area contributed by atoms with Crippen molar-refractivity contribution < 1.29 is 14.4 Å². The molecular formula is C8H16N3O3P. The maximum Gasteiger partial charge on any atom is 0.242 e. The molecule has 3 amide bonds. The van der Waals surface area contributed by atoms with Crippen LogP contribution in [0.2, 0.25) is 0 Å². The van der Waals surface area contributed by atoms with E-state index in [-0.39, 0.29) is 11.6 Å². The molecule has 0 bridgehead atoms. The minimum absolute atomic E-state index is 0.284. The molecule has 0 spiro atoms. The number of rotatable bonds is 4. The van der Waals surface area contributed by atoms with Crippen molar-refractivity contribution >= 4 is 26.7 Å². The van der Waals surface area contributed by atoms with Crippen LogP contribution < -0.4 is 16.0 Å². The first-order valence-corrected chi connectivity index (χ1v) is 5.04. The maximum atomic E-state index is 11.4. The molecule has 0 aromatic carbocycles. The summed E-state index contributed by atoms with van der Waals surface area (Å²) in [6.45, 7) is 3.10. The monoisotopic (exact) mass is 233 g/mol. The van der Waals surface area contributed by atoms with Gasteiger partial charge in [-0.15, -0.1) is 0 Å². The van der Waals surface area contributed by atoms with Crippen LogP contribution in [0.1, 0.15) is 13.8 Å². The van der Waals surface area contributed by atoms with Gasteiger partial charge in [0, 0.05) is 7.05 Å². The van der Waals surface area contributed by atoms with Crippen LogP contribution in [0.5, 0.6) is 0 Å². The molecule has 6 nitrogen and oxygen atoms in total. The molecule has 0 saturated carbocycles. The summed E-state index contributed by atoms with van der Waals surface area (Å²) in [6.07, 6.45) is 0. The normalized spacial score (nSPS) is 13.6. The smallest absolute Gasteiger partial charge is 0.242 e. The SMILES string of the molecule is CNC(=O)C(C)NC(=O)C(C)NC(=O)P. The van der Waals surface area contributed by atoms with Crippen molar-refractivity contribution in [3.05, 3.63) is 0 Å². The molecule has 0 aromatic heterocycles. The van der Waals surface area contributed by atoms with Gasteiger partial charge in [0.2, 0.25) is 17.5 Å². The molecule has 0 aliphatic carbocycles. The van der Waals surface area contributed by atoms with Crippen LogP contribution in [0.25, 0.3) is 0 Å². The third kappa shape index (κ3) is 5.32. The first kappa shape index (κ1) is 13.8. The average molecular weight is 233 g/mol. The Labute approximate surface area is 90.8 Å². The van der Waals surface area contributed by atoms with Crippen LogP contribution in [-0.2, 0) is 9.59 Å². The maximum absolute atomic E-state index is 11.4. The molecule has 7 heteroatoms. The fourth-order valence-electron chi connectivity index (χ4n) is 0.899. The third-order valence-electron chi connectivity index (χ3n) is 1.75. The zero-order valence-corrected chi connectivity index (χ0v) is 10.1. The van der Waals surface area contributed by atoms with E-state index in [4.69, 9.17) is 0 Å². The van der Waals surface area contributed by atoms with E-state index in [9.17, 15) is 14.4 Å². The Morgan fingerprint density at radius 2 is 1.47 bits per heavy atom. The van der Waals surface area contributed by atoms with Gasteiger partial charge in [-0.3, -0.25) is 14.4 Å². The predicted octanol–water partition coefficient (Wildman–Crippen LogP) is -0.790. The second-order valence-corrected chi connectivity index (χ2v) is 3.60. The minimum Gasteiger partial charge on any atom is -0.357 e. The van der Waals surface area contributed by atoms with Gasteiger partial charge >= 0.3 is 0 Å². The number of carbonyl (C=O) groups excluding carboxylic acids is 3.